The molecule has 0 radical (unpaired) electrons. The van der Waals surface area contributed by atoms with E-state index in [-0.39, 0.29) is 11.9 Å². The lowest BCUT2D eigenvalue weighted by Crippen LogP contribution is -2.35. The second-order valence-corrected chi connectivity index (χ2v) is 5.62. The largest absolute Gasteiger partial charge is 0.325 e. The smallest absolute Gasteiger partial charge is 0.241 e. The van der Waals surface area contributed by atoms with Crippen LogP contribution in [0.2, 0.25) is 0 Å². The van der Waals surface area contributed by atoms with Gasteiger partial charge in [-0.05, 0) is 43.7 Å². The molecule has 2 heterocycles. The number of hydrogen-bond donors (Lipinski definition) is 3. The molecule has 1 aliphatic heterocycles. The number of carbonyl (C=O) groups is 1. The number of nitrogens with one attached hydrogen (secondary N) is 3. The monoisotopic (exact) mass is 289 g/mol. The first-order valence-electron chi connectivity index (χ1n) is 6.49. The molecular weight excluding hydrogens is 274 g/mol. The summed E-state index contributed by atoms with van der Waals surface area (Å²) in [7, 11) is 0. The molecule has 6 nitrogen and oxygen atoms in total. The molecule has 0 saturated carbocycles. The molecule has 1 atom stereocenters. The molecule has 7 heteroatoms. The van der Waals surface area contributed by atoms with Crippen LogP contribution in [0.25, 0.3) is 0 Å². The van der Waals surface area contributed by atoms with Crippen molar-refractivity contribution in [1.82, 2.24) is 20.5 Å². The number of nitrogens with zero attached hydrogens (tertiary/aromatic N) is 2. The van der Waals surface area contributed by atoms with Crippen molar-refractivity contribution in [1.29, 1.82) is 0 Å². The SMILES string of the molecule is O=C(Nc1ccc(Sc2ncn[nH]2)cc1)[C@H]1CCCN1. The molecule has 1 aliphatic rings. The fraction of sp³-hybridized carbons (Fsp3) is 0.308. The van der Waals surface area contributed by atoms with Gasteiger partial charge in [-0.25, -0.2) is 4.98 Å². The highest BCUT2D eigenvalue weighted by Gasteiger charge is 2.21. The Morgan fingerprint density at radius 1 is 1.35 bits per heavy atom. The van der Waals surface area contributed by atoms with Crippen LogP contribution in [-0.2, 0) is 4.79 Å². The Balaban J connectivity index is 1.59. The summed E-state index contributed by atoms with van der Waals surface area (Å²) in [6, 6.07) is 7.63. The van der Waals surface area contributed by atoms with Gasteiger partial charge < -0.3 is 10.6 Å². The summed E-state index contributed by atoms with van der Waals surface area (Å²) in [5.74, 6) is 0.0399. The molecule has 1 saturated heterocycles. The summed E-state index contributed by atoms with van der Waals surface area (Å²) < 4.78 is 0. The molecule has 1 fully saturated rings. The molecule has 1 aromatic carbocycles. The number of anilines is 1. The molecule has 104 valence electrons. The van der Waals surface area contributed by atoms with Crippen LogP contribution in [0, 0.1) is 0 Å². The Morgan fingerprint density at radius 3 is 2.85 bits per heavy atom. The Labute approximate surface area is 120 Å². The fourth-order valence-corrected chi connectivity index (χ4v) is 2.79. The third-order valence-corrected chi connectivity index (χ3v) is 4.00. The highest BCUT2D eigenvalue weighted by molar-refractivity contribution is 7.99. The van der Waals surface area contributed by atoms with Gasteiger partial charge in [0.25, 0.3) is 0 Å². The van der Waals surface area contributed by atoms with Crippen molar-refractivity contribution >= 4 is 23.4 Å². The summed E-state index contributed by atoms with van der Waals surface area (Å²) in [6.07, 6.45) is 3.45. The summed E-state index contributed by atoms with van der Waals surface area (Å²) >= 11 is 1.49. The number of hydrogen-bond acceptors (Lipinski definition) is 5. The van der Waals surface area contributed by atoms with Gasteiger partial charge in [-0.2, -0.15) is 5.10 Å². The van der Waals surface area contributed by atoms with Crippen LogP contribution in [0.5, 0.6) is 0 Å². The lowest BCUT2D eigenvalue weighted by atomic mass is 10.2. The molecule has 0 unspecified atom stereocenters. The number of aromatic nitrogens is 3. The predicted molar refractivity (Wildman–Crippen MR) is 76.6 cm³/mol. The number of H-pyrrole nitrogens is 1. The van der Waals surface area contributed by atoms with E-state index in [0.717, 1.165) is 35.1 Å². The number of carbonyl (C=O) groups excluding carboxylic acids is 1. The Bertz CT molecular complexity index is 563. The first-order chi connectivity index (χ1) is 9.81. The van der Waals surface area contributed by atoms with E-state index in [1.165, 1.54) is 18.1 Å². The van der Waals surface area contributed by atoms with Crippen molar-refractivity contribution in [3.8, 4) is 0 Å². The number of benzene rings is 1. The molecule has 0 aliphatic carbocycles. The van der Waals surface area contributed by atoms with Gasteiger partial charge in [0.1, 0.15) is 6.33 Å². The first kappa shape index (κ1) is 13.1. The average molecular weight is 289 g/mol. The van der Waals surface area contributed by atoms with Gasteiger partial charge in [0.2, 0.25) is 5.91 Å². The van der Waals surface area contributed by atoms with Gasteiger partial charge >= 0.3 is 0 Å². The highest BCUT2D eigenvalue weighted by Crippen LogP contribution is 2.25. The van der Waals surface area contributed by atoms with Crippen molar-refractivity contribution in [3.63, 3.8) is 0 Å². The van der Waals surface area contributed by atoms with E-state index >= 15 is 0 Å². The predicted octanol–water partition coefficient (Wildman–Crippen LogP) is 1.65. The van der Waals surface area contributed by atoms with E-state index < -0.39 is 0 Å². The zero-order valence-corrected chi connectivity index (χ0v) is 11.6. The molecule has 0 spiro atoms. The van der Waals surface area contributed by atoms with Gasteiger partial charge in [0.15, 0.2) is 5.16 Å². The van der Waals surface area contributed by atoms with Crippen LogP contribution in [0.4, 0.5) is 5.69 Å². The topological polar surface area (TPSA) is 82.7 Å². The third kappa shape index (κ3) is 3.17. The van der Waals surface area contributed by atoms with Crippen LogP contribution in [-0.4, -0.2) is 33.7 Å². The van der Waals surface area contributed by atoms with E-state index in [4.69, 9.17) is 0 Å². The molecule has 1 amide bonds. The van der Waals surface area contributed by atoms with E-state index in [1.54, 1.807) is 0 Å². The van der Waals surface area contributed by atoms with Crippen LogP contribution in [0.3, 0.4) is 0 Å². The maximum absolute atomic E-state index is 12.0. The van der Waals surface area contributed by atoms with E-state index in [1.807, 2.05) is 24.3 Å². The van der Waals surface area contributed by atoms with Crippen molar-refractivity contribution in [3.05, 3.63) is 30.6 Å². The molecule has 20 heavy (non-hydrogen) atoms. The van der Waals surface area contributed by atoms with Gasteiger partial charge in [-0.3, -0.25) is 9.89 Å². The van der Waals surface area contributed by atoms with E-state index in [0.29, 0.717) is 0 Å². The minimum absolute atomic E-state index is 0.0399. The van der Waals surface area contributed by atoms with E-state index in [9.17, 15) is 4.79 Å². The second-order valence-electron chi connectivity index (χ2n) is 4.56. The second kappa shape index (κ2) is 6.06. The van der Waals surface area contributed by atoms with Crippen LogP contribution in [0.15, 0.2) is 40.6 Å². The summed E-state index contributed by atoms with van der Waals surface area (Å²) in [4.78, 5) is 17.0. The highest BCUT2D eigenvalue weighted by atomic mass is 32.2. The van der Waals surface area contributed by atoms with Crippen molar-refractivity contribution in [2.24, 2.45) is 0 Å². The Kier molecular flexibility index (Phi) is 3.98. The lowest BCUT2D eigenvalue weighted by Gasteiger charge is -2.11. The Morgan fingerprint density at radius 2 is 2.20 bits per heavy atom. The van der Waals surface area contributed by atoms with Gasteiger partial charge in [0.05, 0.1) is 6.04 Å². The minimum atomic E-state index is -0.0572. The summed E-state index contributed by atoms with van der Waals surface area (Å²) in [6.45, 7) is 0.921. The van der Waals surface area contributed by atoms with Crippen LogP contribution in [0.1, 0.15) is 12.8 Å². The van der Waals surface area contributed by atoms with E-state index in [2.05, 4.69) is 25.8 Å². The van der Waals surface area contributed by atoms with Crippen molar-refractivity contribution < 1.29 is 4.79 Å². The average Bonchev–Trinajstić information content (AvgIpc) is 3.13. The molecule has 3 N–H and O–H groups in total. The standard InChI is InChI=1S/C13H15N5OS/c19-12(11-2-1-7-14-11)17-9-3-5-10(6-4-9)20-13-15-8-16-18-13/h3-6,8,11,14H,1-2,7H2,(H,17,19)(H,15,16,18)/t11-/m1/s1. The van der Waals surface area contributed by atoms with Crippen LogP contribution >= 0.6 is 11.8 Å². The Hall–Kier alpha value is -1.86. The van der Waals surface area contributed by atoms with Gasteiger partial charge in [0, 0.05) is 10.6 Å². The van der Waals surface area contributed by atoms with Gasteiger partial charge in [-0.15, -0.1) is 0 Å². The number of aromatic amines is 1. The normalized spacial score (nSPS) is 18.1. The quantitative estimate of drug-likeness (QED) is 0.797. The lowest BCUT2D eigenvalue weighted by molar-refractivity contribution is -0.117. The zero-order chi connectivity index (χ0) is 13.8. The van der Waals surface area contributed by atoms with Crippen molar-refractivity contribution in [2.45, 2.75) is 28.9 Å². The molecule has 1 aromatic heterocycles. The van der Waals surface area contributed by atoms with Crippen LogP contribution < -0.4 is 10.6 Å². The first-order valence-corrected chi connectivity index (χ1v) is 7.30. The molecule has 3 rings (SSSR count). The summed E-state index contributed by atoms with van der Waals surface area (Å²) in [5, 5.41) is 13.4. The summed E-state index contributed by atoms with van der Waals surface area (Å²) in [5.41, 5.74) is 0.811. The van der Waals surface area contributed by atoms with Crippen molar-refractivity contribution in [2.75, 3.05) is 11.9 Å². The maximum atomic E-state index is 12.0. The number of amides is 1. The number of rotatable bonds is 4. The molecule has 2 aromatic rings. The zero-order valence-electron chi connectivity index (χ0n) is 10.8. The van der Waals surface area contributed by atoms with Gasteiger partial charge in [-0.1, -0.05) is 11.8 Å². The third-order valence-electron chi connectivity index (χ3n) is 3.11. The maximum Gasteiger partial charge on any atom is 0.241 e. The minimum Gasteiger partial charge on any atom is -0.325 e. The molecule has 0 bridgehead atoms. The molecular formula is C13H15N5OS. The fourth-order valence-electron chi connectivity index (χ4n) is 2.10.